The summed E-state index contributed by atoms with van der Waals surface area (Å²) in [4.78, 5) is 4.97. The van der Waals surface area contributed by atoms with E-state index in [1.807, 2.05) is 18.3 Å². The average molecular weight is 608 g/mol. The lowest BCUT2D eigenvalue weighted by Crippen LogP contribution is -2.72. The Morgan fingerprint density at radius 1 is 0.867 bits per heavy atom. The van der Waals surface area contributed by atoms with Crippen molar-refractivity contribution in [3.63, 3.8) is 0 Å². The van der Waals surface area contributed by atoms with Crippen molar-refractivity contribution in [1.29, 1.82) is 0 Å². The molecule has 3 aromatic carbocycles. The first kappa shape index (κ1) is 26.9. The van der Waals surface area contributed by atoms with Crippen molar-refractivity contribution in [2.24, 2.45) is 0 Å². The van der Waals surface area contributed by atoms with E-state index in [1.165, 1.54) is 47.9 Å². The van der Waals surface area contributed by atoms with Crippen molar-refractivity contribution in [2.75, 3.05) is 0 Å². The average Bonchev–Trinajstić information content (AvgIpc) is 3.66. The molecule has 0 amide bonds. The topological polar surface area (TPSA) is 38.5 Å². The van der Waals surface area contributed by atoms with Gasteiger partial charge in [0, 0.05) is 62.7 Å². The van der Waals surface area contributed by atoms with Gasteiger partial charge in [-0.1, -0.05) is 44.2 Å². The van der Waals surface area contributed by atoms with Crippen molar-refractivity contribution in [1.82, 2.24) is 14.8 Å². The second kappa shape index (κ2) is 9.54. The molecule has 0 bridgehead atoms. The van der Waals surface area contributed by atoms with Crippen LogP contribution < -0.4 is 9.13 Å². The first-order valence-corrected chi connectivity index (χ1v) is 17.1. The molecule has 4 aromatic heterocycles. The molecule has 2 aliphatic heterocycles. The summed E-state index contributed by atoms with van der Waals surface area (Å²) in [7, 11) is 0. The van der Waals surface area contributed by atoms with Crippen LogP contribution in [-0.4, -0.2) is 14.8 Å². The van der Waals surface area contributed by atoms with Gasteiger partial charge in [0.1, 0.15) is 11.4 Å². The molecule has 3 unspecified atom stereocenters. The number of hydrogen-bond acceptors (Lipinski definition) is 3. The Bertz CT molecular complexity index is 2310. The fourth-order valence-corrected chi connectivity index (χ4v) is 9.95. The van der Waals surface area contributed by atoms with E-state index in [-0.39, 0.29) is 11.1 Å². The third-order valence-electron chi connectivity index (χ3n) is 11.2. The molecule has 0 saturated carbocycles. The SMILES string of the molecule is CCC1(C)n2nc(C)nc2-c2cccc[n+]2C1(CC)CC1C[n+]2c(ccc3ccccc32)-c2cc3c(cc21)sc1ccccc13. The summed E-state index contributed by atoms with van der Waals surface area (Å²) >= 11 is 1.92. The summed E-state index contributed by atoms with van der Waals surface area (Å²) in [5, 5.41) is 9.08. The Morgan fingerprint density at radius 2 is 1.69 bits per heavy atom. The minimum Gasteiger partial charge on any atom is -0.227 e. The van der Waals surface area contributed by atoms with E-state index < -0.39 is 0 Å². The minimum absolute atomic E-state index is 0.217. The van der Waals surface area contributed by atoms with Gasteiger partial charge in [0.2, 0.25) is 17.0 Å². The number of aromatic nitrogens is 5. The summed E-state index contributed by atoms with van der Waals surface area (Å²) in [6.45, 7) is 10.1. The maximum absolute atomic E-state index is 5.09. The van der Waals surface area contributed by atoms with Crippen molar-refractivity contribution in [3.05, 3.63) is 109 Å². The van der Waals surface area contributed by atoms with E-state index in [2.05, 4.69) is 132 Å². The lowest BCUT2D eigenvalue weighted by atomic mass is 9.66. The maximum Gasteiger partial charge on any atom is 0.250 e. The van der Waals surface area contributed by atoms with Crippen LogP contribution in [0.3, 0.4) is 0 Å². The largest absolute Gasteiger partial charge is 0.250 e. The molecule has 3 atom stereocenters. The van der Waals surface area contributed by atoms with Crippen LogP contribution in [0.15, 0.2) is 97.2 Å². The van der Waals surface area contributed by atoms with Gasteiger partial charge in [-0.2, -0.15) is 14.2 Å². The van der Waals surface area contributed by atoms with Gasteiger partial charge in [0.15, 0.2) is 18.3 Å². The molecule has 5 nitrogen and oxygen atoms in total. The minimum atomic E-state index is -0.261. The number of pyridine rings is 2. The van der Waals surface area contributed by atoms with Crippen LogP contribution in [0.2, 0.25) is 0 Å². The van der Waals surface area contributed by atoms with E-state index in [0.29, 0.717) is 5.92 Å². The number of thiophene rings is 1. The van der Waals surface area contributed by atoms with E-state index in [4.69, 9.17) is 10.1 Å². The first-order valence-electron chi connectivity index (χ1n) is 16.3. The Balaban J connectivity index is 1.32. The molecule has 7 aromatic rings. The molecule has 0 spiro atoms. The van der Waals surface area contributed by atoms with Gasteiger partial charge in [-0.25, -0.2) is 9.67 Å². The van der Waals surface area contributed by atoms with Crippen molar-refractivity contribution < 1.29 is 9.13 Å². The van der Waals surface area contributed by atoms with Gasteiger partial charge in [0.05, 0.1) is 11.5 Å². The number of aryl methyl sites for hydroxylation is 1. The molecule has 0 saturated heterocycles. The zero-order valence-electron chi connectivity index (χ0n) is 26.3. The zero-order valence-corrected chi connectivity index (χ0v) is 27.1. The molecule has 0 N–H and O–H groups in total. The second-order valence-electron chi connectivity index (χ2n) is 13.2. The van der Waals surface area contributed by atoms with Crippen molar-refractivity contribution in [2.45, 2.75) is 70.5 Å². The lowest BCUT2D eigenvalue weighted by Gasteiger charge is -2.48. The number of benzene rings is 3. The van der Waals surface area contributed by atoms with E-state index >= 15 is 0 Å². The normalized spacial score (nSPS) is 21.9. The number of fused-ring (bicyclic) bond motifs is 11. The third kappa shape index (κ3) is 3.54. The second-order valence-corrected chi connectivity index (χ2v) is 14.3. The molecular formula is C39H37N5S+2. The number of rotatable bonds is 4. The first-order chi connectivity index (χ1) is 22.0. The molecule has 45 heavy (non-hydrogen) atoms. The summed E-state index contributed by atoms with van der Waals surface area (Å²) in [6.07, 6.45) is 5.24. The van der Waals surface area contributed by atoms with E-state index in [9.17, 15) is 0 Å². The van der Waals surface area contributed by atoms with Crippen molar-refractivity contribution >= 4 is 42.4 Å². The van der Waals surface area contributed by atoms with Gasteiger partial charge >= 0.3 is 0 Å². The number of para-hydroxylation sites is 1. The van der Waals surface area contributed by atoms with Gasteiger partial charge < -0.3 is 0 Å². The monoisotopic (exact) mass is 607 g/mol. The summed E-state index contributed by atoms with van der Waals surface area (Å²) in [5.74, 6) is 2.11. The molecular weight excluding hydrogens is 571 g/mol. The predicted molar refractivity (Wildman–Crippen MR) is 182 cm³/mol. The van der Waals surface area contributed by atoms with Crippen LogP contribution in [0.25, 0.3) is 53.9 Å². The highest BCUT2D eigenvalue weighted by Gasteiger charge is 2.62. The quantitative estimate of drug-likeness (QED) is 0.188. The maximum atomic E-state index is 5.09. The highest BCUT2D eigenvalue weighted by molar-refractivity contribution is 7.25. The molecule has 2 aliphatic rings. The fraction of sp³-hybridized carbons (Fsp3) is 0.282. The number of hydrogen-bond donors (Lipinski definition) is 0. The van der Waals surface area contributed by atoms with Crippen LogP contribution in [0.4, 0.5) is 0 Å². The fourth-order valence-electron chi connectivity index (χ4n) is 8.81. The Morgan fingerprint density at radius 3 is 2.56 bits per heavy atom. The standard InChI is InChI=1S/C39H37N5S/c1-5-38(4)39(6-2,43-20-12-11-16-34(43)37-40-25(3)41-44(37)38)23-27-24-42-32-15-9-7-13-26(32)18-19-33(42)30-21-31-28-14-8-10-17-35(28)45-36(31)22-29(27)30/h7-22,27H,5-6,23-24H2,1-4H3/q+2. The highest BCUT2D eigenvalue weighted by Crippen LogP contribution is 2.51. The molecule has 0 radical (unpaired) electrons. The smallest absolute Gasteiger partial charge is 0.227 e. The van der Waals surface area contributed by atoms with Gasteiger partial charge in [-0.05, 0) is 62.2 Å². The van der Waals surface area contributed by atoms with Crippen LogP contribution in [-0.2, 0) is 17.6 Å². The molecule has 6 heteroatoms. The van der Waals surface area contributed by atoms with Crippen LogP contribution in [0.1, 0.15) is 57.3 Å². The predicted octanol–water partition coefficient (Wildman–Crippen LogP) is 8.45. The summed E-state index contributed by atoms with van der Waals surface area (Å²) < 4.78 is 10.2. The van der Waals surface area contributed by atoms with Gasteiger partial charge in [0.25, 0.3) is 5.69 Å². The Hall–Kier alpha value is -4.42. The molecule has 0 fully saturated rings. The van der Waals surface area contributed by atoms with Crippen LogP contribution >= 0.6 is 11.3 Å². The van der Waals surface area contributed by atoms with Gasteiger partial charge in [-0.15, -0.1) is 11.3 Å². The molecule has 0 aliphatic carbocycles. The molecule has 6 heterocycles. The summed E-state index contributed by atoms with van der Waals surface area (Å²) in [5.41, 5.74) is 6.12. The van der Waals surface area contributed by atoms with E-state index in [0.717, 1.165) is 43.1 Å². The molecule has 9 rings (SSSR count). The third-order valence-corrected chi connectivity index (χ3v) is 12.3. The van der Waals surface area contributed by atoms with Gasteiger partial charge in [-0.3, -0.25) is 0 Å². The van der Waals surface area contributed by atoms with E-state index in [1.54, 1.807) is 0 Å². The van der Waals surface area contributed by atoms with Crippen LogP contribution in [0.5, 0.6) is 0 Å². The Kier molecular flexibility index (Phi) is 5.71. The zero-order chi connectivity index (χ0) is 30.5. The van der Waals surface area contributed by atoms with Crippen molar-refractivity contribution in [3.8, 4) is 22.8 Å². The van der Waals surface area contributed by atoms with Crippen LogP contribution in [0, 0.1) is 6.92 Å². The number of nitrogens with zero attached hydrogens (tertiary/aromatic N) is 5. The highest BCUT2D eigenvalue weighted by atomic mass is 32.1. The Labute approximate surface area is 267 Å². The lowest BCUT2D eigenvalue weighted by molar-refractivity contribution is -0.777. The molecule has 222 valence electrons. The summed E-state index contributed by atoms with van der Waals surface area (Å²) in [6, 6.07) is 34.0.